The van der Waals surface area contributed by atoms with Crippen molar-refractivity contribution >= 4 is 27.8 Å². The van der Waals surface area contributed by atoms with Gasteiger partial charge in [-0.05, 0) is 43.0 Å². The third-order valence-electron chi connectivity index (χ3n) is 4.16. The quantitative estimate of drug-likeness (QED) is 0.786. The van der Waals surface area contributed by atoms with Gasteiger partial charge in [-0.3, -0.25) is 9.59 Å². The molecule has 2 rings (SSSR count). The topological polar surface area (TPSA) is 75.6 Å². The van der Waals surface area contributed by atoms with Gasteiger partial charge in [0.15, 0.2) is 0 Å². The van der Waals surface area contributed by atoms with Gasteiger partial charge in [0, 0.05) is 30.7 Å². The lowest BCUT2D eigenvalue weighted by atomic mass is 9.80. The highest BCUT2D eigenvalue weighted by molar-refractivity contribution is 9.10. The zero-order valence-corrected chi connectivity index (χ0v) is 14.2. The second-order valence-electron chi connectivity index (χ2n) is 5.71. The third-order valence-corrected chi connectivity index (χ3v) is 4.93. The molecule has 126 valence electrons. The summed E-state index contributed by atoms with van der Waals surface area (Å²) in [6, 6.07) is 4.33. The van der Waals surface area contributed by atoms with E-state index in [-0.39, 0.29) is 24.7 Å². The normalized spacial score (nSPS) is 16.8. The van der Waals surface area contributed by atoms with E-state index in [1.165, 1.54) is 12.1 Å². The van der Waals surface area contributed by atoms with Crippen molar-refractivity contribution in [2.45, 2.75) is 25.7 Å². The molecule has 0 radical (unpaired) electrons. The summed E-state index contributed by atoms with van der Waals surface area (Å²) in [7, 11) is 0. The van der Waals surface area contributed by atoms with Crippen molar-refractivity contribution in [2.75, 3.05) is 19.8 Å². The lowest BCUT2D eigenvalue weighted by Crippen LogP contribution is -2.46. The number of hydrogen-bond donors (Lipinski definition) is 2. The fraction of sp³-hybridized carbons (Fsp3) is 0.500. The van der Waals surface area contributed by atoms with Gasteiger partial charge in [0.1, 0.15) is 5.82 Å². The Labute approximate surface area is 142 Å². The number of carbonyl (C=O) groups excluding carboxylic acids is 1. The van der Waals surface area contributed by atoms with Crippen molar-refractivity contribution < 1.29 is 23.8 Å². The van der Waals surface area contributed by atoms with Crippen LogP contribution < -0.4 is 5.32 Å². The maximum atomic E-state index is 13.2. The molecule has 1 heterocycles. The van der Waals surface area contributed by atoms with E-state index in [1.807, 2.05) is 0 Å². The molecule has 1 aliphatic heterocycles. The van der Waals surface area contributed by atoms with Gasteiger partial charge >= 0.3 is 5.97 Å². The minimum Gasteiger partial charge on any atom is -0.481 e. The lowest BCUT2D eigenvalue weighted by molar-refractivity contribution is -0.154. The summed E-state index contributed by atoms with van der Waals surface area (Å²) in [6.07, 6.45) is 1.33. The molecule has 1 amide bonds. The predicted molar refractivity (Wildman–Crippen MR) is 85.6 cm³/mol. The molecule has 5 nitrogen and oxygen atoms in total. The Bertz CT molecular complexity index is 587. The molecular weight excluding hydrogens is 369 g/mol. The first kappa shape index (κ1) is 17.9. The fourth-order valence-electron chi connectivity index (χ4n) is 2.57. The van der Waals surface area contributed by atoms with Crippen LogP contribution in [0.15, 0.2) is 22.7 Å². The number of ether oxygens (including phenoxy) is 1. The van der Waals surface area contributed by atoms with Crippen LogP contribution in [0.25, 0.3) is 0 Å². The second-order valence-corrected chi connectivity index (χ2v) is 6.56. The van der Waals surface area contributed by atoms with Crippen LogP contribution in [-0.2, 0) is 20.7 Å². The molecule has 1 fully saturated rings. The summed E-state index contributed by atoms with van der Waals surface area (Å²) in [6.45, 7) is 0.867. The first-order chi connectivity index (χ1) is 10.9. The average molecular weight is 388 g/mol. The summed E-state index contributed by atoms with van der Waals surface area (Å²) < 4.78 is 19.1. The Kier molecular flexibility index (Phi) is 6.12. The number of hydrogen-bond acceptors (Lipinski definition) is 3. The molecule has 1 saturated heterocycles. The zero-order valence-electron chi connectivity index (χ0n) is 12.6. The van der Waals surface area contributed by atoms with E-state index in [2.05, 4.69) is 21.2 Å². The van der Waals surface area contributed by atoms with Crippen LogP contribution >= 0.6 is 15.9 Å². The molecule has 0 aliphatic carbocycles. The molecule has 23 heavy (non-hydrogen) atoms. The minimum atomic E-state index is -0.951. The second kappa shape index (κ2) is 7.88. The van der Waals surface area contributed by atoms with E-state index >= 15 is 0 Å². The van der Waals surface area contributed by atoms with E-state index in [4.69, 9.17) is 4.74 Å². The van der Waals surface area contributed by atoms with E-state index in [1.54, 1.807) is 6.07 Å². The molecule has 0 atom stereocenters. The molecule has 1 aromatic rings. The van der Waals surface area contributed by atoms with Gasteiger partial charge in [-0.1, -0.05) is 15.9 Å². The summed E-state index contributed by atoms with van der Waals surface area (Å²) >= 11 is 3.32. The molecular formula is C16H19BrFNO4. The molecule has 1 aromatic carbocycles. The van der Waals surface area contributed by atoms with Crippen LogP contribution in [0.4, 0.5) is 4.39 Å². The van der Waals surface area contributed by atoms with Crippen molar-refractivity contribution in [1.29, 1.82) is 0 Å². The smallest absolute Gasteiger partial charge is 0.311 e. The maximum Gasteiger partial charge on any atom is 0.311 e. The molecule has 2 N–H and O–H groups in total. The SMILES string of the molecule is O=C(CCc1cc(F)ccc1Br)NCC1(C(=O)O)CCOCC1. The molecule has 0 aromatic heterocycles. The Morgan fingerprint density at radius 3 is 2.70 bits per heavy atom. The van der Waals surface area contributed by atoms with Crippen molar-refractivity contribution in [3.05, 3.63) is 34.1 Å². The molecule has 0 unspecified atom stereocenters. The third kappa shape index (κ3) is 4.75. The van der Waals surface area contributed by atoms with Crippen LogP contribution in [0.3, 0.4) is 0 Å². The van der Waals surface area contributed by atoms with Gasteiger partial charge in [-0.2, -0.15) is 0 Å². The summed E-state index contributed by atoms with van der Waals surface area (Å²) in [4.78, 5) is 23.5. The number of aryl methyl sites for hydroxylation is 1. The highest BCUT2D eigenvalue weighted by Gasteiger charge is 2.40. The monoisotopic (exact) mass is 387 g/mol. The summed E-state index contributed by atoms with van der Waals surface area (Å²) in [5, 5.41) is 12.1. The number of carboxylic acids is 1. The highest BCUT2D eigenvalue weighted by atomic mass is 79.9. The van der Waals surface area contributed by atoms with Gasteiger partial charge in [0.25, 0.3) is 0 Å². The van der Waals surface area contributed by atoms with Gasteiger partial charge in [-0.25, -0.2) is 4.39 Å². The number of carbonyl (C=O) groups is 2. The van der Waals surface area contributed by atoms with Gasteiger partial charge in [0.2, 0.25) is 5.91 Å². The number of benzene rings is 1. The van der Waals surface area contributed by atoms with Gasteiger partial charge < -0.3 is 15.2 Å². The minimum absolute atomic E-state index is 0.0921. The van der Waals surface area contributed by atoms with Gasteiger partial charge in [-0.15, -0.1) is 0 Å². The largest absolute Gasteiger partial charge is 0.481 e. The number of rotatable bonds is 6. The Morgan fingerprint density at radius 1 is 1.35 bits per heavy atom. The van der Waals surface area contributed by atoms with E-state index in [0.29, 0.717) is 38.0 Å². The van der Waals surface area contributed by atoms with E-state index in [0.717, 1.165) is 4.47 Å². The molecule has 7 heteroatoms. The van der Waals surface area contributed by atoms with Gasteiger partial charge in [0.05, 0.1) is 5.41 Å². The van der Waals surface area contributed by atoms with Crippen LogP contribution in [-0.4, -0.2) is 36.7 Å². The molecule has 0 saturated carbocycles. The molecule has 1 aliphatic rings. The van der Waals surface area contributed by atoms with Crippen LogP contribution in [0.1, 0.15) is 24.8 Å². The lowest BCUT2D eigenvalue weighted by Gasteiger charge is -2.33. The van der Waals surface area contributed by atoms with Crippen molar-refractivity contribution in [3.63, 3.8) is 0 Å². The number of nitrogens with one attached hydrogen (secondary N) is 1. The van der Waals surface area contributed by atoms with Crippen LogP contribution in [0, 0.1) is 11.2 Å². The first-order valence-corrected chi connectivity index (χ1v) is 8.24. The summed E-state index contributed by atoms with van der Waals surface area (Å²) in [5.74, 6) is -1.50. The fourth-order valence-corrected chi connectivity index (χ4v) is 3.01. The maximum absolute atomic E-state index is 13.2. The van der Waals surface area contributed by atoms with Crippen molar-refractivity contribution in [3.8, 4) is 0 Å². The average Bonchev–Trinajstić information content (AvgIpc) is 2.54. The van der Waals surface area contributed by atoms with E-state index in [9.17, 15) is 19.1 Å². The summed E-state index contributed by atoms with van der Waals surface area (Å²) in [5.41, 5.74) is -0.243. The number of amides is 1. The van der Waals surface area contributed by atoms with E-state index < -0.39 is 11.4 Å². The number of carboxylic acid groups (broad SMARTS) is 1. The Hall–Kier alpha value is -1.47. The molecule has 0 bridgehead atoms. The zero-order chi connectivity index (χ0) is 16.9. The number of halogens is 2. The Morgan fingerprint density at radius 2 is 2.04 bits per heavy atom. The van der Waals surface area contributed by atoms with Crippen molar-refractivity contribution in [1.82, 2.24) is 5.32 Å². The standard InChI is InChI=1S/C16H19BrFNO4/c17-13-3-2-12(18)9-11(13)1-4-14(20)19-10-16(15(21)22)5-7-23-8-6-16/h2-3,9H,1,4-8,10H2,(H,19,20)(H,21,22). The van der Waals surface area contributed by atoms with Crippen LogP contribution in [0.5, 0.6) is 0 Å². The predicted octanol–water partition coefficient (Wildman–Crippen LogP) is 2.52. The Balaban J connectivity index is 1.87. The molecule has 0 spiro atoms. The van der Waals surface area contributed by atoms with Crippen molar-refractivity contribution in [2.24, 2.45) is 5.41 Å². The highest BCUT2D eigenvalue weighted by Crippen LogP contribution is 2.30. The van der Waals surface area contributed by atoms with Crippen LogP contribution in [0.2, 0.25) is 0 Å². The first-order valence-electron chi connectivity index (χ1n) is 7.45. The number of aliphatic carboxylic acids is 1.